The van der Waals surface area contributed by atoms with Crippen LogP contribution in [0.2, 0.25) is 0 Å². The molecule has 0 N–H and O–H groups in total. The van der Waals surface area contributed by atoms with Crippen LogP contribution in [-0.4, -0.2) is 15.0 Å². The maximum atomic E-state index is 14.3. The van der Waals surface area contributed by atoms with Gasteiger partial charge in [0.1, 0.15) is 45.9 Å². The zero-order valence-electron chi connectivity index (χ0n) is 28.0. The van der Waals surface area contributed by atoms with Gasteiger partial charge < -0.3 is 9.47 Å². The van der Waals surface area contributed by atoms with E-state index in [0.717, 1.165) is 5.56 Å². The highest BCUT2D eigenvalue weighted by atomic mass is 19.3. The molecule has 2 aromatic heterocycles. The fourth-order valence-corrected chi connectivity index (χ4v) is 4.74. The van der Waals surface area contributed by atoms with Gasteiger partial charge in [-0.05, 0) is 55.3 Å². The summed E-state index contributed by atoms with van der Waals surface area (Å²) < 4.78 is 200. The van der Waals surface area contributed by atoms with Crippen LogP contribution in [0.5, 0.6) is 11.5 Å². The molecule has 0 radical (unpaired) electrons. The van der Waals surface area contributed by atoms with Gasteiger partial charge in [-0.3, -0.25) is 4.98 Å². The fourth-order valence-electron chi connectivity index (χ4n) is 4.74. The van der Waals surface area contributed by atoms with Crippen LogP contribution in [0.3, 0.4) is 0 Å². The van der Waals surface area contributed by atoms with E-state index in [2.05, 4.69) is 24.4 Å². The number of pyridine rings is 1. The van der Waals surface area contributed by atoms with Crippen molar-refractivity contribution in [3.63, 3.8) is 0 Å². The number of benzene rings is 4. The van der Waals surface area contributed by atoms with Gasteiger partial charge in [0.2, 0.25) is 0 Å². The van der Waals surface area contributed by atoms with E-state index in [1.165, 1.54) is 24.7 Å². The fraction of sp³-hybridized carbons (Fsp3) is 0.108. The summed E-state index contributed by atoms with van der Waals surface area (Å²) in [5, 5.41) is 0. The first-order valence-corrected chi connectivity index (χ1v) is 15.3. The summed E-state index contributed by atoms with van der Waals surface area (Å²) in [7, 11) is 0. The number of aromatic nitrogens is 3. The molecule has 6 aromatic rings. The van der Waals surface area contributed by atoms with Crippen molar-refractivity contribution >= 4 is 0 Å². The van der Waals surface area contributed by atoms with Crippen LogP contribution in [0.1, 0.15) is 22.3 Å². The van der Waals surface area contributed by atoms with E-state index in [-0.39, 0.29) is 46.9 Å². The molecule has 5 nitrogen and oxygen atoms in total. The molecule has 6 rings (SSSR count). The lowest BCUT2D eigenvalue weighted by Gasteiger charge is -2.20. The van der Waals surface area contributed by atoms with E-state index in [4.69, 9.17) is 0 Å². The van der Waals surface area contributed by atoms with Crippen LogP contribution in [0, 0.1) is 72.0 Å². The van der Waals surface area contributed by atoms with Gasteiger partial charge in [0.15, 0.2) is 40.7 Å². The normalized spacial score (nSPS) is 11.6. The van der Waals surface area contributed by atoms with Gasteiger partial charge in [-0.2, -0.15) is 17.6 Å². The summed E-state index contributed by atoms with van der Waals surface area (Å²) in [5.41, 5.74) is -2.30. The van der Waals surface area contributed by atoms with Crippen LogP contribution >= 0.6 is 0 Å². The first kappa shape index (κ1) is 40.9. The van der Waals surface area contributed by atoms with Gasteiger partial charge in [0, 0.05) is 54.0 Å². The van der Waals surface area contributed by atoms with Gasteiger partial charge in [0.25, 0.3) is 0 Å². The van der Waals surface area contributed by atoms with Crippen molar-refractivity contribution in [2.45, 2.75) is 26.1 Å². The summed E-state index contributed by atoms with van der Waals surface area (Å²) in [6.45, 7) is 3.41. The molecule has 0 aliphatic heterocycles. The third-order valence-electron chi connectivity index (χ3n) is 7.32. The molecule has 0 aliphatic rings. The lowest BCUT2D eigenvalue weighted by molar-refractivity contribution is -0.190. The van der Waals surface area contributed by atoms with E-state index < -0.39 is 93.0 Å². The molecule has 2 heterocycles. The molecule has 0 spiro atoms. The maximum Gasteiger partial charge on any atom is 0.432 e. The Balaban J connectivity index is 0.000000214. The monoisotopic (exact) mass is 803 g/mol. The minimum atomic E-state index is -4.66. The molecule has 4 aromatic carbocycles. The van der Waals surface area contributed by atoms with E-state index in [0.29, 0.717) is 29.8 Å². The standard InChI is InChI=1S/C19H10F7NO.C18H9F7N2O/c1-9-2-3-16(27-8-9)10-4-12(20)17(13(21)5-10)19(25,26)28-11-6-14(22)18(24)15(23)7-11;1-8-6-26-17(27-7-8)9-2-11(19)15(12(20)3-9)18(24,25)28-10-4-13(21)16(23)14(22)5-10/h2-8H,1H3;2-7H,1H3. The minimum absolute atomic E-state index is 0.103. The second-order valence-electron chi connectivity index (χ2n) is 11.6. The first-order valence-electron chi connectivity index (χ1n) is 15.3. The molecular weight excluding hydrogens is 784 g/mol. The Morgan fingerprint density at radius 2 is 0.786 bits per heavy atom. The van der Waals surface area contributed by atoms with Crippen molar-refractivity contribution in [2.75, 3.05) is 0 Å². The van der Waals surface area contributed by atoms with Gasteiger partial charge >= 0.3 is 12.2 Å². The Morgan fingerprint density at radius 3 is 1.14 bits per heavy atom. The van der Waals surface area contributed by atoms with E-state index in [9.17, 15) is 61.5 Å². The molecule has 0 fully saturated rings. The number of hydrogen-bond acceptors (Lipinski definition) is 5. The molecule has 0 aliphatic carbocycles. The lowest BCUT2D eigenvalue weighted by Crippen LogP contribution is -2.25. The number of halogens is 14. The Labute approximate surface area is 305 Å². The highest BCUT2D eigenvalue weighted by Gasteiger charge is 2.43. The molecule has 19 heteroatoms. The topological polar surface area (TPSA) is 57.1 Å². The summed E-state index contributed by atoms with van der Waals surface area (Å²) in [6.07, 6.45) is -5.14. The minimum Gasteiger partial charge on any atom is -0.429 e. The van der Waals surface area contributed by atoms with Crippen molar-refractivity contribution in [3.8, 4) is 34.1 Å². The smallest absolute Gasteiger partial charge is 0.429 e. The highest BCUT2D eigenvalue weighted by molar-refractivity contribution is 5.60. The second kappa shape index (κ2) is 15.8. The predicted octanol–water partition coefficient (Wildman–Crippen LogP) is 11.2. The van der Waals surface area contributed by atoms with Gasteiger partial charge in [0.05, 0.1) is 5.69 Å². The quantitative estimate of drug-likeness (QED) is 0.113. The molecule has 0 saturated heterocycles. The van der Waals surface area contributed by atoms with Gasteiger partial charge in [-0.25, -0.2) is 53.9 Å². The average molecular weight is 804 g/mol. The Morgan fingerprint density at radius 1 is 0.429 bits per heavy atom. The van der Waals surface area contributed by atoms with Crippen molar-refractivity contribution in [1.82, 2.24) is 15.0 Å². The van der Waals surface area contributed by atoms with E-state index in [1.807, 2.05) is 0 Å². The summed E-state index contributed by atoms with van der Waals surface area (Å²) >= 11 is 0. The van der Waals surface area contributed by atoms with Gasteiger partial charge in [-0.1, -0.05) is 6.07 Å². The summed E-state index contributed by atoms with van der Waals surface area (Å²) in [5.74, 6) is -20.2. The first-order chi connectivity index (χ1) is 26.2. The molecule has 0 atom stereocenters. The number of ether oxygens (including phenoxy) is 2. The molecule has 56 heavy (non-hydrogen) atoms. The zero-order chi connectivity index (χ0) is 41.3. The van der Waals surface area contributed by atoms with E-state index in [1.54, 1.807) is 19.9 Å². The zero-order valence-corrected chi connectivity index (χ0v) is 28.0. The van der Waals surface area contributed by atoms with Crippen molar-refractivity contribution in [3.05, 3.63) is 160 Å². The number of nitrogens with zero attached hydrogens (tertiary/aromatic N) is 3. The Hall–Kier alpha value is -6.27. The van der Waals surface area contributed by atoms with Crippen molar-refractivity contribution < 1.29 is 70.9 Å². The van der Waals surface area contributed by atoms with Crippen LogP contribution in [0.25, 0.3) is 22.6 Å². The second-order valence-corrected chi connectivity index (χ2v) is 11.6. The van der Waals surface area contributed by atoms with Crippen LogP contribution < -0.4 is 9.47 Å². The molecule has 0 amide bonds. The average Bonchev–Trinajstić information content (AvgIpc) is 3.09. The number of rotatable bonds is 8. The number of alkyl halides is 4. The Kier molecular flexibility index (Phi) is 11.6. The molecule has 0 unspecified atom stereocenters. The van der Waals surface area contributed by atoms with E-state index >= 15 is 0 Å². The number of aryl methyl sites for hydroxylation is 2. The Bertz CT molecular complexity index is 2150. The summed E-state index contributed by atoms with van der Waals surface area (Å²) in [4.78, 5) is 11.6. The van der Waals surface area contributed by atoms with Crippen molar-refractivity contribution in [1.29, 1.82) is 0 Å². The third-order valence-corrected chi connectivity index (χ3v) is 7.32. The molecule has 0 bridgehead atoms. The molecule has 292 valence electrons. The predicted molar refractivity (Wildman–Crippen MR) is 168 cm³/mol. The highest BCUT2D eigenvalue weighted by Crippen LogP contribution is 2.39. The molecule has 0 saturated carbocycles. The SMILES string of the molecule is Cc1ccc(-c2cc(F)c(C(F)(F)Oc3cc(F)c(F)c(F)c3)c(F)c2)nc1.Cc1cnc(-c2cc(F)c(C(F)(F)Oc3cc(F)c(F)c(F)c3)c(F)c2)nc1. The van der Waals surface area contributed by atoms with Crippen LogP contribution in [-0.2, 0) is 12.2 Å². The van der Waals surface area contributed by atoms with Crippen LogP contribution in [0.15, 0.2) is 79.3 Å². The van der Waals surface area contributed by atoms with Crippen LogP contribution in [0.4, 0.5) is 61.5 Å². The lowest BCUT2D eigenvalue weighted by atomic mass is 10.1. The summed E-state index contributed by atoms with van der Waals surface area (Å²) in [6, 6.07) is 5.94. The van der Waals surface area contributed by atoms with Gasteiger partial charge in [-0.15, -0.1) is 0 Å². The molecular formula is C37H19F14N3O2. The maximum absolute atomic E-state index is 14.3. The van der Waals surface area contributed by atoms with Crippen molar-refractivity contribution in [2.24, 2.45) is 0 Å². The third kappa shape index (κ3) is 8.98. The largest absolute Gasteiger partial charge is 0.432 e. The number of hydrogen-bond donors (Lipinski definition) is 0.